The Kier molecular flexibility index (Phi) is 1.85. The van der Waals surface area contributed by atoms with Crippen LogP contribution >= 0.6 is 0 Å². The van der Waals surface area contributed by atoms with Crippen molar-refractivity contribution in [2.45, 2.75) is 26.1 Å². The van der Waals surface area contributed by atoms with Gasteiger partial charge in [-0.2, -0.15) is 0 Å². The molecular formula is C7H12O3. The predicted octanol–water partition coefficient (Wildman–Crippen LogP) is 1.56. The Labute approximate surface area is 60.3 Å². The molecule has 1 saturated heterocycles. The molecule has 0 aromatic carbocycles. The topological polar surface area (TPSA) is 38.7 Å². The molecule has 1 fully saturated rings. The summed E-state index contributed by atoms with van der Waals surface area (Å²) in [5.41, 5.74) is 0. The molecule has 58 valence electrons. The van der Waals surface area contributed by atoms with Crippen LogP contribution in [-0.2, 0) is 9.47 Å². The highest BCUT2D eigenvalue weighted by Crippen LogP contribution is 2.27. The zero-order valence-electron chi connectivity index (χ0n) is 6.26. The van der Waals surface area contributed by atoms with Crippen molar-refractivity contribution in [1.82, 2.24) is 0 Å². The third kappa shape index (κ3) is 1.24. The quantitative estimate of drug-likeness (QED) is 0.567. The van der Waals surface area contributed by atoms with Gasteiger partial charge in [-0.15, -0.1) is 0 Å². The molecule has 0 aromatic rings. The zero-order valence-corrected chi connectivity index (χ0v) is 6.26. The summed E-state index contributed by atoms with van der Waals surface area (Å²) >= 11 is 0. The first kappa shape index (κ1) is 7.41. The van der Waals surface area contributed by atoms with Crippen LogP contribution in [0.5, 0.6) is 0 Å². The van der Waals surface area contributed by atoms with Crippen LogP contribution in [0.15, 0.2) is 12.0 Å². The summed E-state index contributed by atoms with van der Waals surface area (Å²) in [6.07, 6.45) is 1.73. The van der Waals surface area contributed by atoms with Crippen molar-refractivity contribution in [3.8, 4) is 0 Å². The molecule has 0 aliphatic carbocycles. The molecule has 0 amide bonds. The second-order valence-electron chi connectivity index (χ2n) is 2.47. The summed E-state index contributed by atoms with van der Waals surface area (Å²) in [5, 5.41) is 8.53. The second-order valence-corrected chi connectivity index (χ2v) is 2.47. The van der Waals surface area contributed by atoms with Crippen LogP contribution < -0.4 is 0 Å². The normalized spacial score (nSPS) is 36.4. The van der Waals surface area contributed by atoms with Gasteiger partial charge in [0.25, 0.3) is 0 Å². The molecular weight excluding hydrogens is 132 g/mol. The van der Waals surface area contributed by atoms with E-state index in [2.05, 4.69) is 0 Å². The van der Waals surface area contributed by atoms with Gasteiger partial charge in [0.1, 0.15) is 12.9 Å². The molecule has 0 aromatic heterocycles. The highest BCUT2D eigenvalue weighted by molar-refractivity contribution is 4.94. The van der Waals surface area contributed by atoms with Gasteiger partial charge in [-0.25, -0.2) is 0 Å². The molecule has 1 aliphatic heterocycles. The van der Waals surface area contributed by atoms with Gasteiger partial charge in [-0.1, -0.05) is 6.92 Å². The van der Waals surface area contributed by atoms with Gasteiger partial charge in [0, 0.05) is 13.3 Å². The van der Waals surface area contributed by atoms with Crippen molar-refractivity contribution in [1.29, 1.82) is 0 Å². The Morgan fingerprint density at radius 2 is 2.50 bits per heavy atom. The first-order chi connectivity index (χ1) is 4.70. The Balaban J connectivity index is 2.57. The number of rotatable bonds is 1. The summed E-state index contributed by atoms with van der Waals surface area (Å²) < 4.78 is 10.5. The van der Waals surface area contributed by atoms with Crippen LogP contribution in [-0.4, -0.2) is 17.5 Å². The monoisotopic (exact) mass is 144 g/mol. The number of hydrogen-bond donors (Lipinski definition) is 1. The smallest absolute Gasteiger partial charge is 0.207 e. The van der Waals surface area contributed by atoms with Crippen LogP contribution in [0.25, 0.3) is 0 Å². The van der Waals surface area contributed by atoms with E-state index < -0.39 is 5.79 Å². The summed E-state index contributed by atoms with van der Waals surface area (Å²) in [7, 11) is 0. The maximum Gasteiger partial charge on any atom is 0.207 e. The average Bonchev–Trinajstić information content (AvgIpc) is 2.33. The van der Waals surface area contributed by atoms with Crippen LogP contribution in [0.1, 0.15) is 20.3 Å². The third-order valence-electron chi connectivity index (χ3n) is 1.65. The Morgan fingerprint density at radius 3 is 2.80 bits per heavy atom. The lowest BCUT2D eigenvalue weighted by Gasteiger charge is -2.19. The van der Waals surface area contributed by atoms with Crippen molar-refractivity contribution in [3.05, 3.63) is 12.0 Å². The highest BCUT2D eigenvalue weighted by Gasteiger charge is 2.32. The number of aliphatic hydroxyl groups excluding tert-OH is 1. The Hall–Kier alpha value is -0.700. The molecule has 1 rings (SSSR count). The summed E-state index contributed by atoms with van der Waals surface area (Å²) in [4.78, 5) is 0. The number of hydrogen-bond acceptors (Lipinski definition) is 3. The average molecular weight is 144 g/mol. The first-order valence-corrected chi connectivity index (χ1v) is 3.36. The standard InChI is InChI=1S/C7H12O3/c1-3-7(2)9-5-6(4-8)10-7/h4,8H,3,5H2,1-2H3/b6-4+. The van der Waals surface area contributed by atoms with Gasteiger partial charge in [0.15, 0.2) is 5.76 Å². The fourth-order valence-electron chi connectivity index (χ4n) is 0.798. The van der Waals surface area contributed by atoms with Crippen LogP contribution in [0, 0.1) is 0 Å². The number of aliphatic hydroxyl groups is 1. The first-order valence-electron chi connectivity index (χ1n) is 3.36. The van der Waals surface area contributed by atoms with E-state index in [0.29, 0.717) is 12.4 Å². The third-order valence-corrected chi connectivity index (χ3v) is 1.65. The SMILES string of the molecule is CCC1(C)OC/C(=C\O)O1. The fraction of sp³-hybridized carbons (Fsp3) is 0.714. The minimum Gasteiger partial charge on any atom is -0.512 e. The Morgan fingerprint density at radius 1 is 1.80 bits per heavy atom. The summed E-state index contributed by atoms with van der Waals surface area (Å²) in [6, 6.07) is 0. The van der Waals surface area contributed by atoms with E-state index in [1.807, 2.05) is 13.8 Å². The highest BCUT2D eigenvalue weighted by atomic mass is 16.7. The molecule has 1 atom stereocenters. The van der Waals surface area contributed by atoms with E-state index in [0.717, 1.165) is 12.7 Å². The van der Waals surface area contributed by atoms with Gasteiger partial charge in [0.05, 0.1) is 0 Å². The van der Waals surface area contributed by atoms with E-state index >= 15 is 0 Å². The molecule has 10 heavy (non-hydrogen) atoms. The maximum absolute atomic E-state index is 8.53. The van der Waals surface area contributed by atoms with Crippen molar-refractivity contribution >= 4 is 0 Å². The van der Waals surface area contributed by atoms with Crippen molar-refractivity contribution in [2.75, 3.05) is 6.61 Å². The van der Waals surface area contributed by atoms with Crippen molar-refractivity contribution < 1.29 is 14.6 Å². The lowest BCUT2D eigenvalue weighted by atomic mass is 10.2. The lowest BCUT2D eigenvalue weighted by molar-refractivity contribution is -0.135. The molecule has 1 N–H and O–H groups in total. The Bertz CT molecular complexity index is 153. The molecule has 3 nitrogen and oxygen atoms in total. The van der Waals surface area contributed by atoms with Gasteiger partial charge in [-0.3, -0.25) is 0 Å². The van der Waals surface area contributed by atoms with Crippen LogP contribution in [0.4, 0.5) is 0 Å². The van der Waals surface area contributed by atoms with E-state index in [4.69, 9.17) is 14.6 Å². The minimum atomic E-state index is -0.519. The fourth-order valence-corrected chi connectivity index (χ4v) is 0.798. The minimum absolute atomic E-state index is 0.376. The largest absolute Gasteiger partial charge is 0.512 e. The molecule has 3 heteroatoms. The van der Waals surface area contributed by atoms with Crippen molar-refractivity contribution in [3.63, 3.8) is 0 Å². The molecule has 1 aliphatic rings. The van der Waals surface area contributed by atoms with Crippen LogP contribution in [0.2, 0.25) is 0 Å². The molecule has 0 bridgehead atoms. The molecule has 1 unspecified atom stereocenters. The van der Waals surface area contributed by atoms with E-state index in [1.165, 1.54) is 0 Å². The lowest BCUT2D eigenvalue weighted by Crippen LogP contribution is -2.23. The van der Waals surface area contributed by atoms with E-state index in [-0.39, 0.29) is 0 Å². The van der Waals surface area contributed by atoms with Gasteiger partial charge >= 0.3 is 0 Å². The maximum atomic E-state index is 8.53. The summed E-state index contributed by atoms with van der Waals surface area (Å²) in [6.45, 7) is 4.20. The zero-order chi connectivity index (χ0) is 7.61. The van der Waals surface area contributed by atoms with Gasteiger partial charge < -0.3 is 14.6 Å². The molecule has 0 saturated carbocycles. The predicted molar refractivity (Wildman–Crippen MR) is 36.4 cm³/mol. The van der Waals surface area contributed by atoms with Gasteiger partial charge in [0.2, 0.25) is 5.79 Å². The van der Waals surface area contributed by atoms with E-state index in [9.17, 15) is 0 Å². The second kappa shape index (κ2) is 2.50. The number of ether oxygens (including phenoxy) is 2. The molecule has 1 heterocycles. The molecule has 0 spiro atoms. The van der Waals surface area contributed by atoms with Crippen LogP contribution in [0.3, 0.4) is 0 Å². The van der Waals surface area contributed by atoms with E-state index in [1.54, 1.807) is 0 Å². The summed E-state index contributed by atoms with van der Waals surface area (Å²) in [5.74, 6) is -0.0153. The molecule has 0 radical (unpaired) electrons. The van der Waals surface area contributed by atoms with Gasteiger partial charge in [-0.05, 0) is 0 Å². The van der Waals surface area contributed by atoms with Crippen molar-refractivity contribution in [2.24, 2.45) is 0 Å².